The number of hydrogen-bond donors (Lipinski definition) is 1. The first kappa shape index (κ1) is 9.01. The fraction of sp³-hybridized carbons (Fsp3) is 1.00. The van der Waals surface area contributed by atoms with Crippen molar-refractivity contribution in [2.75, 3.05) is 7.05 Å². The highest BCUT2D eigenvalue weighted by molar-refractivity contribution is 4.90. The Morgan fingerprint density at radius 2 is 1.73 bits per heavy atom. The molecule has 0 aromatic heterocycles. The van der Waals surface area contributed by atoms with Crippen molar-refractivity contribution in [3.05, 3.63) is 0 Å². The van der Waals surface area contributed by atoms with Crippen LogP contribution in [-0.4, -0.2) is 34.7 Å². The maximum absolute atomic E-state index is 9.11. The molecule has 0 amide bonds. The molecule has 1 N–H and O–H groups in total. The zero-order chi connectivity index (χ0) is 8.65. The molecule has 0 heterocycles. The Labute approximate surface area is 69.2 Å². The van der Waals surface area contributed by atoms with Gasteiger partial charge in [-0.25, -0.2) is 0 Å². The lowest BCUT2D eigenvalue weighted by atomic mass is 9.86. The third-order valence-corrected chi connectivity index (χ3v) is 2.69. The molecule has 1 aliphatic rings. The van der Waals surface area contributed by atoms with Crippen molar-refractivity contribution in [2.24, 2.45) is 0 Å². The molecule has 1 fully saturated rings. The number of rotatable bonds is 1. The first-order valence-electron chi connectivity index (χ1n) is 4.32. The van der Waals surface area contributed by atoms with Gasteiger partial charge in [-0.2, -0.15) is 0 Å². The van der Waals surface area contributed by atoms with E-state index >= 15 is 0 Å². The monoisotopic (exact) mass is 157 g/mol. The molecule has 66 valence electrons. The molecular weight excluding hydrogens is 138 g/mol. The van der Waals surface area contributed by atoms with Crippen LogP contribution < -0.4 is 0 Å². The molecule has 2 nitrogen and oxygen atoms in total. The molecule has 0 bridgehead atoms. The second kappa shape index (κ2) is 2.76. The molecule has 0 radical (unpaired) electrons. The topological polar surface area (TPSA) is 23.5 Å². The third-order valence-electron chi connectivity index (χ3n) is 2.69. The summed E-state index contributed by atoms with van der Waals surface area (Å²) < 4.78 is 0. The van der Waals surface area contributed by atoms with Crippen molar-refractivity contribution in [3.63, 3.8) is 0 Å². The Hall–Kier alpha value is -0.0800. The van der Waals surface area contributed by atoms with Crippen LogP contribution in [0.4, 0.5) is 0 Å². The minimum absolute atomic E-state index is 0.0372. The fourth-order valence-electron chi connectivity index (χ4n) is 1.42. The molecule has 1 aliphatic carbocycles. The summed E-state index contributed by atoms with van der Waals surface area (Å²) in [6.45, 7) is 6.62. The Balaban J connectivity index is 2.38. The summed E-state index contributed by atoms with van der Waals surface area (Å²) in [5.41, 5.74) is 0.241. The third kappa shape index (κ3) is 1.94. The average Bonchev–Trinajstić information content (AvgIpc) is 1.77. The summed E-state index contributed by atoms with van der Waals surface area (Å²) in [6.07, 6.45) is 1.87. The standard InChI is InChI=1S/C9H19NO/c1-9(2,3)10(4)7-5-8(11)6-7/h7-8,11H,5-6H2,1-4H3. The van der Waals surface area contributed by atoms with E-state index in [-0.39, 0.29) is 11.6 Å². The van der Waals surface area contributed by atoms with Crippen molar-refractivity contribution in [2.45, 2.75) is 51.3 Å². The number of aliphatic hydroxyl groups excluding tert-OH is 1. The summed E-state index contributed by atoms with van der Waals surface area (Å²) in [5.74, 6) is 0. The molecular formula is C9H19NO. The quantitative estimate of drug-likeness (QED) is 0.619. The number of hydrogen-bond acceptors (Lipinski definition) is 2. The van der Waals surface area contributed by atoms with Crippen LogP contribution >= 0.6 is 0 Å². The molecule has 0 saturated heterocycles. The van der Waals surface area contributed by atoms with E-state index in [4.69, 9.17) is 5.11 Å². The van der Waals surface area contributed by atoms with Crippen molar-refractivity contribution in [1.82, 2.24) is 4.90 Å². The predicted octanol–water partition coefficient (Wildman–Crippen LogP) is 1.24. The van der Waals surface area contributed by atoms with E-state index in [1.54, 1.807) is 0 Å². The second-order valence-corrected chi connectivity index (χ2v) is 4.56. The molecule has 2 heteroatoms. The summed E-state index contributed by atoms with van der Waals surface area (Å²) in [6, 6.07) is 0.602. The summed E-state index contributed by atoms with van der Waals surface area (Å²) in [5, 5.41) is 9.11. The van der Waals surface area contributed by atoms with Crippen LogP contribution in [0.15, 0.2) is 0 Å². The van der Waals surface area contributed by atoms with Crippen LogP contribution in [0.2, 0.25) is 0 Å². The number of nitrogens with zero attached hydrogens (tertiary/aromatic N) is 1. The van der Waals surface area contributed by atoms with Gasteiger partial charge in [0.2, 0.25) is 0 Å². The number of aliphatic hydroxyl groups is 1. The highest BCUT2D eigenvalue weighted by Crippen LogP contribution is 2.28. The van der Waals surface area contributed by atoms with Gasteiger partial charge in [0.1, 0.15) is 0 Å². The fourth-order valence-corrected chi connectivity index (χ4v) is 1.42. The van der Waals surface area contributed by atoms with Gasteiger partial charge >= 0.3 is 0 Å². The lowest BCUT2D eigenvalue weighted by molar-refractivity contribution is -0.0212. The lowest BCUT2D eigenvalue weighted by Gasteiger charge is -2.45. The van der Waals surface area contributed by atoms with Gasteiger partial charge in [-0.05, 0) is 40.7 Å². The zero-order valence-corrected chi connectivity index (χ0v) is 7.96. The summed E-state index contributed by atoms with van der Waals surface area (Å²) in [7, 11) is 2.14. The Bertz CT molecular complexity index is 133. The van der Waals surface area contributed by atoms with Crippen LogP contribution in [0, 0.1) is 0 Å². The lowest BCUT2D eigenvalue weighted by Crippen LogP contribution is -2.52. The molecule has 0 aromatic carbocycles. The predicted molar refractivity (Wildman–Crippen MR) is 46.5 cm³/mol. The molecule has 0 aliphatic heterocycles. The van der Waals surface area contributed by atoms with Crippen LogP contribution in [0.5, 0.6) is 0 Å². The summed E-state index contributed by atoms with van der Waals surface area (Å²) >= 11 is 0. The van der Waals surface area contributed by atoms with Crippen LogP contribution in [-0.2, 0) is 0 Å². The van der Waals surface area contributed by atoms with Crippen LogP contribution in [0.25, 0.3) is 0 Å². The van der Waals surface area contributed by atoms with E-state index in [0.717, 1.165) is 12.8 Å². The second-order valence-electron chi connectivity index (χ2n) is 4.56. The van der Waals surface area contributed by atoms with E-state index in [1.807, 2.05) is 0 Å². The Morgan fingerprint density at radius 1 is 1.27 bits per heavy atom. The minimum Gasteiger partial charge on any atom is -0.393 e. The average molecular weight is 157 g/mol. The normalized spacial score (nSPS) is 32.2. The first-order chi connectivity index (χ1) is 4.91. The largest absolute Gasteiger partial charge is 0.393 e. The van der Waals surface area contributed by atoms with Crippen molar-refractivity contribution >= 4 is 0 Å². The molecule has 1 rings (SSSR count). The smallest absolute Gasteiger partial charge is 0.0570 e. The first-order valence-corrected chi connectivity index (χ1v) is 4.32. The van der Waals surface area contributed by atoms with Crippen molar-refractivity contribution in [3.8, 4) is 0 Å². The Kier molecular flexibility index (Phi) is 2.26. The Morgan fingerprint density at radius 3 is 2.00 bits per heavy atom. The molecule has 0 spiro atoms. The zero-order valence-electron chi connectivity index (χ0n) is 7.96. The van der Waals surface area contributed by atoms with E-state index in [1.165, 1.54) is 0 Å². The highest BCUT2D eigenvalue weighted by atomic mass is 16.3. The van der Waals surface area contributed by atoms with E-state index in [0.29, 0.717) is 6.04 Å². The van der Waals surface area contributed by atoms with Crippen LogP contribution in [0.3, 0.4) is 0 Å². The van der Waals surface area contributed by atoms with Gasteiger partial charge in [0.05, 0.1) is 6.10 Å². The highest BCUT2D eigenvalue weighted by Gasteiger charge is 2.34. The summed E-state index contributed by atoms with van der Waals surface area (Å²) in [4.78, 5) is 2.35. The van der Waals surface area contributed by atoms with Gasteiger partial charge < -0.3 is 5.11 Å². The molecule has 0 atom stereocenters. The molecule has 0 unspecified atom stereocenters. The molecule has 0 aromatic rings. The molecule has 1 saturated carbocycles. The van der Waals surface area contributed by atoms with Gasteiger partial charge in [0, 0.05) is 11.6 Å². The minimum atomic E-state index is -0.0372. The van der Waals surface area contributed by atoms with Gasteiger partial charge in [-0.3, -0.25) is 4.90 Å². The van der Waals surface area contributed by atoms with E-state index < -0.39 is 0 Å². The molecule has 11 heavy (non-hydrogen) atoms. The maximum Gasteiger partial charge on any atom is 0.0570 e. The van der Waals surface area contributed by atoms with Gasteiger partial charge in [-0.15, -0.1) is 0 Å². The van der Waals surface area contributed by atoms with E-state index in [9.17, 15) is 0 Å². The van der Waals surface area contributed by atoms with Crippen molar-refractivity contribution in [1.29, 1.82) is 0 Å². The SMILES string of the molecule is CN(C1CC(O)C1)C(C)(C)C. The maximum atomic E-state index is 9.11. The van der Waals surface area contributed by atoms with Gasteiger partial charge in [0.25, 0.3) is 0 Å². The van der Waals surface area contributed by atoms with Gasteiger partial charge in [0.15, 0.2) is 0 Å². The van der Waals surface area contributed by atoms with Crippen LogP contribution in [0.1, 0.15) is 33.6 Å². The van der Waals surface area contributed by atoms with E-state index in [2.05, 4.69) is 32.7 Å². The van der Waals surface area contributed by atoms with Gasteiger partial charge in [-0.1, -0.05) is 0 Å². The van der Waals surface area contributed by atoms with Crippen molar-refractivity contribution < 1.29 is 5.11 Å².